The van der Waals surface area contributed by atoms with Crippen molar-refractivity contribution < 1.29 is 24.1 Å². The van der Waals surface area contributed by atoms with Gasteiger partial charge in [0.15, 0.2) is 6.10 Å². The number of benzene rings is 1. The molecule has 0 spiro atoms. The SMILES string of the molecule is Cc1sc(-c2cnc3c(c2)CCCO3)c(-c2ccc3c(c2)CCCO3)c1C(OC(C)(C)C)C(=O)O. The summed E-state index contributed by atoms with van der Waals surface area (Å²) < 4.78 is 17.7. The van der Waals surface area contributed by atoms with Gasteiger partial charge in [-0.2, -0.15) is 0 Å². The lowest BCUT2D eigenvalue weighted by molar-refractivity contribution is -0.160. The molecule has 5 rings (SSSR count). The molecule has 184 valence electrons. The maximum absolute atomic E-state index is 12.5. The molecular weight excluding hydrogens is 462 g/mol. The van der Waals surface area contributed by atoms with Crippen LogP contribution in [-0.2, 0) is 22.4 Å². The van der Waals surface area contributed by atoms with E-state index in [4.69, 9.17) is 14.2 Å². The fraction of sp³-hybridized carbons (Fsp3) is 0.429. The Balaban J connectivity index is 1.72. The van der Waals surface area contributed by atoms with E-state index in [1.54, 1.807) is 11.3 Å². The smallest absolute Gasteiger partial charge is 0.337 e. The highest BCUT2D eigenvalue weighted by Crippen LogP contribution is 2.48. The minimum Gasteiger partial charge on any atom is -0.493 e. The van der Waals surface area contributed by atoms with E-state index in [2.05, 4.69) is 17.1 Å². The second-order valence-electron chi connectivity index (χ2n) is 10.1. The molecule has 2 aliphatic heterocycles. The molecule has 0 saturated carbocycles. The van der Waals surface area contributed by atoms with Crippen LogP contribution in [0.25, 0.3) is 21.6 Å². The van der Waals surface area contributed by atoms with Gasteiger partial charge in [0.1, 0.15) is 5.75 Å². The van der Waals surface area contributed by atoms with Crippen molar-refractivity contribution in [1.82, 2.24) is 4.98 Å². The quantitative estimate of drug-likeness (QED) is 0.445. The fourth-order valence-corrected chi connectivity index (χ4v) is 6.01. The van der Waals surface area contributed by atoms with Crippen LogP contribution in [0.4, 0.5) is 0 Å². The summed E-state index contributed by atoms with van der Waals surface area (Å²) in [6.45, 7) is 9.04. The Morgan fingerprint density at radius 1 is 1.09 bits per heavy atom. The van der Waals surface area contributed by atoms with Crippen LogP contribution in [0.2, 0.25) is 0 Å². The lowest BCUT2D eigenvalue weighted by Crippen LogP contribution is -2.27. The average Bonchev–Trinajstić information content (AvgIpc) is 3.18. The normalized spacial score (nSPS) is 16.0. The Morgan fingerprint density at radius 2 is 1.80 bits per heavy atom. The number of rotatable bonds is 5. The Morgan fingerprint density at radius 3 is 2.54 bits per heavy atom. The largest absolute Gasteiger partial charge is 0.493 e. The number of aryl methyl sites for hydroxylation is 3. The molecule has 0 bridgehead atoms. The number of thiophene rings is 1. The van der Waals surface area contributed by atoms with E-state index in [-0.39, 0.29) is 0 Å². The standard InChI is InChI=1S/C28H31NO5S/c1-16-22(24(27(30)31)34-28(2,3)4)23(18-9-10-21-17(13-18)7-5-11-32-21)25(35-16)20-14-19-8-6-12-33-26(19)29-15-20/h9-10,13-15,24H,5-8,11-12H2,1-4H3,(H,30,31). The topological polar surface area (TPSA) is 77.9 Å². The van der Waals surface area contributed by atoms with Gasteiger partial charge >= 0.3 is 5.97 Å². The van der Waals surface area contributed by atoms with Crippen molar-refractivity contribution >= 4 is 17.3 Å². The zero-order valence-corrected chi connectivity index (χ0v) is 21.5. The number of hydrogen-bond acceptors (Lipinski definition) is 6. The van der Waals surface area contributed by atoms with Crippen molar-refractivity contribution in [2.24, 2.45) is 0 Å². The van der Waals surface area contributed by atoms with E-state index in [1.807, 2.05) is 46.0 Å². The lowest BCUT2D eigenvalue weighted by Gasteiger charge is -2.26. The molecule has 1 aromatic carbocycles. The molecule has 7 heteroatoms. The molecule has 35 heavy (non-hydrogen) atoms. The van der Waals surface area contributed by atoms with Crippen molar-refractivity contribution in [1.29, 1.82) is 0 Å². The van der Waals surface area contributed by atoms with Crippen LogP contribution in [0.3, 0.4) is 0 Å². The van der Waals surface area contributed by atoms with Crippen LogP contribution in [0, 0.1) is 6.92 Å². The summed E-state index contributed by atoms with van der Waals surface area (Å²) in [7, 11) is 0. The third-order valence-electron chi connectivity index (χ3n) is 6.30. The minimum absolute atomic E-state index is 0.622. The summed E-state index contributed by atoms with van der Waals surface area (Å²) in [5.41, 5.74) is 5.17. The van der Waals surface area contributed by atoms with Crippen molar-refractivity contribution in [2.75, 3.05) is 13.2 Å². The fourth-order valence-electron chi connectivity index (χ4n) is 4.83. The molecule has 1 N–H and O–H groups in total. The van der Waals surface area contributed by atoms with Crippen molar-refractivity contribution in [3.8, 4) is 33.2 Å². The van der Waals surface area contributed by atoms with E-state index in [0.717, 1.165) is 75.6 Å². The zero-order chi connectivity index (χ0) is 24.7. The number of ether oxygens (including phenoxy) is 3. The molecule has 3 aromatic rings. The summed E-state index contributed by atoms with van der Waals surface area (Å²) in [5.74, 6) is 0.607. The third-order valence-corrected chi connectivity index (χ3v) is 7.47. The van der Waals surface area contributed by atoms with Gasteiger partial charge in [0.25, 0.3) is 0 Å². The maximum atomic E-state index is 12.5. The van der Waals surface area contributed by atoms with Crippen molar-refractivity contribution in [3.63, 3.8) is 0 Å². The van der Waals surface area contributed by atoms with E-state index < -0.39 is 17.7 Å². The summed E-state index contributed by atoms with van der Waals surface area (Å²) in [6, 6.07) is 8.32. The molecular formula is C28H31NO5S. The Bertz CT molecular complexity index is 1270. The number of aromatic nitrogens is 1. The predicted octanol–water partition coefficient (Wildman–Crippen LogP) is 6.38. The highest BCUT2D eigenvalue weighted by Gasteiger charge is 2.34. The van der Waals surface area contributed by atoms with Crippen LogP contribution in [0.15, 0.2) is 30.5 Å². The third kappa shape index (κ3) is 4.80. The van der Waals surface area contributed by atoms with E-state index >= 15 is 0 Å². The number of fused-ring (bicyclic) bond motifs is 2. The van der Waals surface area contributed by atoms with E-state index in [1.165, 1.54) is 0 Å². The molecule has 6 nitrogen and oxygen atoms in total. The molecule has 0 saturated heterocycles. The van der Waals surface area contributed by atoms with Crippen molar-refractivity contribution in [2.45, 2.75) is 65.1 Å². The molecule has 4 heterocycles. The first-order valence-electron chi connectivity index (χ1n) is 12.1. The monoisotopic (exact) mass is 493 g/mol. The Kier molecular flexibility index (Phi) is 6.32. The van der Waals surface area contributed by atoms with Gasteiger partial charge in [-0.25, -0.2) is 9.78 Å². The molecule has 0 aliphatic carbocycles. The van der Waals surface area contributed by atoms with Gasteiger partial charge in [-0.15, -0.1) is 11.3 Å². The van der Waals surface area contributed by atoms with Gasteiger partial charge in [-0.05, 0) is 82.7 Å². The molecule has 0 radical (unpaired) electrons. The number of pyridine rings is 1. The average molecular weight is 494 g/mol. The van der Waals surface area contributed by atoms with Crippen LogP contribution in [0.1, 0.15) is 61.3 Å². The number of hydrogen-bond donors (Lipinski definition) is 1. The molecule has 0 fully saturated rings. The molecule has 1 atom stereocenters. The maximum Gasteiger partial charge on any atom is 0.337 e. The summed E-state index contributed by atoms with van der Waals surface area (Å²) in [4.78, 5) is 19.0. The predicted molar refractivity (Wildman–Crippen MR) is 137 cm³/mol. The summed E-state index contributed by atoms with van der Waals surface area (Å²) in [5, 5.41) is 10.2. The molecule has 0 amide bonds. The summed E-state index contributed by atoms with van der Waals surface area (Å²) in [6.07, 6.45) is 4.55. The van der Waals surface area contributed by atoms with Crippen LogP contribution in [-0.4, -0.2) is 34.9 Å². The first kappa shape index (κ1) is 23.8. The van der Waals surface area contributed by atoms with Gasteiger partial charge in [-0.3, -0.25) is 0 Å². The molecule has 2 aromatic heterocycles. The van der Waals surface area contributed by atoms with Gasteiger partial charge in [0, 0.05) is 38.2 Å². The number of carbonyl (C=O) groups is 1. The van der Waals surface area contributed by atoms with Gasteiger partial charge in [-0.1, -0.05) is 6.07 Å². The highest BCUT2D eigenvalue weighted by molar-refractivity contribution is 7.16. The van der Waals surface area contributed by atoms with Crippen molar-refractivity contribution in [3.05, 3.63) is 52.0 Å². The first-order valence-corrected chi connectivity index (χ1v) is 12.9. The van der Waals surface area contributed by atoms with E-state index in [9.17, 15) is 9.90 Å². The number of aliphatic carboxylic acids is 1. The van der Waals surface area contributed by atoms with Gasteiger partial charge < -0.3 is 19.3 Å². The second-order valence-corrected chi connectivity index (χ2v) is 11.4. The van der Waals surface area contributed by atoms with Crippen LogP contribution in [0.5, 0.6) is 11.6 Å². The molecule has 1 unspecified atom stereocenters. The van der Waals surface area contributed by atoms with Crippen LogP contribution < -0.4 is 9.47 Å². The highest BCUT2D eigenvalue weighted by atomic mass is 32.1. The Hall–Kier alpha value is -2.90. The van der Waals surface area contributed by atoms with Crippen LogP contribution >= 0.6 is 11.3 Å². The Labute approximate surface area is 209 Å². The summed E-state index contributed by atoms with van der Waals surface area (Å²) >= 11 is 1.59. The van der Waals surface area contributed by atoms with Gasteiger partial charge in [0.05, 0.1) is 18.8 Å². The second kappa shape index (κ2) is 9.28. The molecule has 2 aliphatic rings. The minimum atomic E-state index is -1.09. The van der Waals surface area contributed by atoms with Gasteiger partial charge in [0.2, 0.25) is 5.88 Å². The zero-order valence-electron chi connectivity index (χ0n) is 20.6. The lowest BCUT2D eigenvalue weighted by atomic mass is 9.91. The first-order chi connectivity index (χ1) is 16.7. The number of carboxylic acid groups (broad SMARTS) is 1. The van der Waals surface area contributed by atoms with E-state index in [0.29, 0.717) is 18.1 Å². The number of nitrogens with zero attached hydrogens (tertiary/aromatic N) is 1. The number of carboxylic acids is 1.